The first-order valence-corrected chi connectivity index (χ1v) is 10.7. The van der Waals surface area contributed by atoms with Gasteiger partial charge in [-0.15, -0.1) is 0 Å². The van der Waals surface area contributed by atoms with Crippen molar-refractivity contribution in [3.63, 3.8) is 0 Å². The van der Waals surface area contributed by atoms with Crippen molar-refractivity contribution in [2.24, 2.45) is 0 Å². The van der Waals surface area contributed by atoms with Gasteiger partial charge in [0.1, 0.15) is 0 Å². The minimum absolute atomic E-state index is 0.951. The largest absolute Gasteiger partial charge is 0.371 e. The van der Waals surface area contributed by atoms with Gasteiger partial charge >= 0.3 is 0 Å². The number of anilines is 1. The van der Waals surface area contributed by atoms with E-state index in [1.165, 1.54) is 44.3 Å². The average Bonchev–Trinajstić information content (AvgIpc) is 2.78. The van der Waals surface area contributed by atoms with E-state index in [4.69, 9.17) is 0 Å². The molecule has 3 aromatic carbocycles. The first kappa shape index (κ1) is 20.1. The number of rotatable bonds is 5. The van der Waals surface area contributed by atoms with E-state index in [9.17, 15) is 0 Å². The zero-order chi connectivity index (χ0) is 21.3. The topological polar surface area (TPSA) is 29.0 Å². The van der Waals surface area contributed by atoms with Crippen molar-refractivity contribution >= 4 is 16.5 Å². The summed E-state index contributed by atoms with van der Waals surface area (Å²) in [6, 6.07) is 21.4. The monoisotopic (exact) mass is 395 g/mol. The van der Waals surface area contributed by atoms with Crippen molar-refractivity contribution in [1.29, 1.82) is 0 Å². The van der Waals surface area contributed by atoms with E-state index in [0.29, 0.717) is 0 Å². The van der Waals surface area contributed by atoms with Crippen LogP contribution in [0.15, 0.2) is 60.7 Å². The Kier molecular flexibility index (Phi) is 5.54. The highest BCUT2D eigenvalue weighted by Crippen LogP contribution is 2.47. The Morgan fingerprint density at radius 1 is 0.633 bits per heavy atom. The average molecular weight is 396 g/mol. The first-order chi connectivity index (χ1) is 14.6. The van der Waals surface area contributed by atoms with Crippen LogP contribution in [0.5, 0.6) is 0 Å². The van der Waals surface area contributed by atoms with Crippen molar-refractivity contribution in [3.8, 4) is 22.3 Å². The first-order valence-electron chi connectivity index (χ1n) is 10.7. The van der Waals surface area contributed by atoms with E-state index >= 15 is 0 Å². The molecule has 4 aromatic rings. The van der Waals surface area contributed by atoms with Gasteiger partial charge in [0.2, 0.25) is 0 Å². The SMILES string of the molecule is CCN(CC)c1c(C)c(-c2ccccc2)c(-c2ccccc2)c2c(C)nnc(C)c12. The quantitative estimate of drug-likeness (QED) is 0.375. The number of fused-ring (bicyclic) bond motifs is 1. The minimum atomic E-state index is 0.951. The number of hydrogen-bond donors (Lipinski definition) is 0. The standard InChI is InChI=1S/C27H29N3/c1-6-30(7-2)27-18(3)23(21-14-10-8-11-15-21)26(22-16-12-9-13-17-22)24-19(4)28-29-20(5)25(24)27/h8-17H,6-7H2,1-5H3. The van der Waals surface area contributed by atoms with Gasteiger partial charge < -0.3 is 4.90 Å². The van der Waals surface area contributed by atoms with E-state index in [1.807, 2.05) is 0 Å². The van der Waals surface area contributed by atoms with Crippen molar-refractivity contribution in [3.05, 3.63) is 77.6 Å². The summed E-state index contributed by atoms with van der Waals surface area (Å²) >= 11 is 0. The van der Waals surface area contributed by atoms with E-state index in [-0.39, 0.29) is 0 Å². The maximum Gasteiger partial charge on any atom is 0.0699 e. The molecule has 0 aliphatic heterocycles. The molecular weight excluding hydrogens is 366 g/mol. The van der Waals surface area contributed by atoms with Gasteiger partial charge in [0.25, 0.3) is 0 Å². The molecule has 3 heteroatoms. The van der Waals surface area contributed by atoms with Gasteiger partial charge in [-0.1, -0.05) is 60.7 Å². The molecule has 0 aliphatic rings. The zero-order valence-electron chi connectivity index (χ0n) is 18.5. The molecule has 4 rings (SSSR count). The summed E-state index contributed by atoms with van der Waals surface area (Å²) in [5, 5.41) is 11.5. The zero-order valence-corrected chi connectivity index (χ0v) is 18.5. The van der Waals surface area contributed by atoms with Gasteiger partial charge in [0.15, 0.2) is 0 Å². The van der Waals surface area contributed by atoms with Gasteiger partial charge in [-0.05, 0) is 62.4 Å². The maximum atomic E-state index is 4.54. The molecule has 0 bridgehead atoms. The second kappa shape index (κ2) is 8.27. The lowest BCUT2D eigenvalue weighted by Crippen LogP contribution is -2.24. The van der Waals surface area contributed by atoms with Crippen LogP contribution in [0.1, 0.15) is 30.8 Å². The predicted octanol–water partition coefficient (Wildman–Crippen LogP) is 6.74. The molecule has 0 saturated carbocycles. The summed E-state index contributed by atoms with van der Waals surface area (Å²) in [6.45, 7) is 12.8. The molecule has 0 amide bonds. The Morgan fingerprint density at radius 3 is 1.60 bits per heavy atom. The Balaban J connectivity index is 2.29. The Hall–Kier alpha value is -3.20. The second-order valence-corrected chi connectivity index (χ2v) is 7.75. The third kappa shape index (κ3) is 3.24. The number of aryl methyl sites for hydroxylation is 2. The fourth-order valence-electron chi connectivity index (χ4n) is 4.62. The molecule has 152 valence electrons. The lowest BCUT2D eigenvalue weighted by molar-refractivity contribution is 0.864. The molecule has 0 aliphatic carbocycles. The van der Waals surface area contributed by atoms with Crippen molar-refractivity contribution in [2.75, 3.05) is 18.0 Å². The molecule has 0 unspecified atom stereocenters. The fraction of sp³-hybridized carbons (Fsp3) is 0.259. The molecule has 0 atom stereocenters. The fourth-order valence-corrected chi connectivity index (χ4v) is 4.62. The van der Waals surface area contributed by atoms with E-state index < -0.39 is 0 Å². The van der Waals surface area contributed by atoms with Gasteiger partial charge in [-0.3, -0.25) is 0 Å². The smallest absolute Gasteiger partial charge is 0.0699 e. The van der Waals surface area contributed by atoms with Gasteiger partial charge in [-0.2, -0.15) is 10.2 Å². The molecule has 0 radical (unpaired) electrons. The van der Waals surface area contributed by atoms with Crippen LogP contribution in [0.4, 0.5) is 5.69 Å². The summed E-state index contributed by atoms with van der Waals surface area (Å²) in [5.41, 5.74) is 9.52. The van der Waals surface area contributed by atoms with Crippen LogP contribution in [0.2, 0.25) is 0 Å². The van der Waals surface area contributed by atoms with Crippen molar-refractivity contribution < 1.29 is 0 Å². The predicted molar refractivity (Wildman–Crippen MR) is 128 cm³/mol. The molecule has 0 fully saturated rings. The van der Waals surface area contributed by atoms with E-state index in [1.54, 1.807) is 0 Å². The third-order valence-corrected chi connectivity index (χ3v) is 6.00. The van der Waals surface area contributed by atoms with Gasteiger partial charge in [0, 0.05) is 23.9 Å². The number of hydrogen-bond acceptors (Lipinski definition) is 3. The summed E-state index contributed by atoms with van der Waals surface area (Å²) in [5.74, 6) is 0. The minimum Gasteiger partial charge on any atom is -0.371 e. The Morgan fingerprint density at radius 2 is 1.10 bits per heavy atom. The summed E-state index contributed by atoms with van der Waals surface area (Å²) in [7, 11) is 0. The highest BCUT2D eigenvalue weighted by molar-refractivity contribution is 6.13. The third-order valence-electron chi connectivity index (χ3n) is 6.00. The summed E-state index contributed by atoms with van der Waals surface area (Å²) in [4.78, 5) is 2.45. The summed E-state index contributed by atoms with van der Waals surface area (Å²) < 4.78 is 0. The number of aromatic nitrogens is 2. The van der Waals surface area contributed by atoms with Crippen molar-refractivity contribution in [1.82, 2.24) is 10.2 Å². The van der Waals surface area contributed by atoms with Gasteiger partial charge in [-0.25, -0.2) is 0 Å². The lowest BCUT2D eigenvalue weighted by atomic mass is 9.84. The molecule has 3 nitrogen and oxygen atoms in total. The highest BCUT2D eigenvalue weighted by atomic mass is 15.1. The van der Waals surface area contributed by atoms with E-state index in [2.05, 4.69) is 110 Å². The van der Waals surface area contributed by atoms with Gasteiger partial charge in [0.05, 0.1) is 17.1 Å². The lowest BCUT2D eigenvalue weighted by Gasteiger charge is -2.30. The molecule has 0 spiro atoms. The van der Waals surface area contributed by atoms with E-state index in [0.717, 1.165) is 24.5 Å². The van der Waals surface area contributed by atoms with Crippen molar-refractivity contribution in [2.45, 2.75) is 34.6 Å². The van der Waals surface area contributed by atoms with Crippen LogP contribution in [0.25, 0.3) is 33.0 Å². The van der Waals surface area contributed by atoms with Crippen LogP contribution >= 0.6 is 0 Å². The van der Waals surface area contributed by atoms with Crippen LogP contribution < -0.4 is 4.90 Å². The molecular formula is C27H29N3. The number of benzene rings is 3. The Labute approximate surface area is 179 Å². The number of nitrogens with zero attached hydrogens (tertiary/aromatic N) is 3. The molecule has 0 N–H and O–H groups in total. The van der Waals surface area contributed by atoms with Crippen LogP contribution in [-0.4, -0.2) is 23.3 Å². The molecule has 1 aromatic heterocycles. The molecule has 0 saturated heterocycles. The molecule has 1 heterocycles. The highest BCUT2D eigenvalue weighted by Gasteiger charge is 2.24. The molecule has 30 heavy (non-hydrogen) atoms. The maximum absolute atomic E-state index is 4.54. The second-order valence-electron chi connectivity index (χ2n) is 7.75. The Bertz CT molecular complexity index is 1180. The van der Waals surface area contributed by atoms with Crippen LogP contribution in [0.3, 0.4) is 0 Å². The van der Waals surface area contributed by atoms with Crippen LogP contribution in [0, 0.1) is 20.8 Å². The summed E-state index contributed by atoms with van der Waals surface area (Å²) in [6.07, 6.45) is 0. The normalized spacial score (nSPS) is 11.1. The van der Waals surface area contributed by atoms with Crippen LogP contribution in [-0.2, 0) is 0 Å².